The Morgan fingerprint density at radius 3 is 2.96 bits per heavy atom. The Morgan fingerprint density at radius 1 is 1.36 bits per heavy atom. The standard InChI is InChI=1S/C20H22N6O2/c1-27-10-11-28-19(8-9-21)14(13-22)6-7-15-12-18(26-25-15)20-23-16-4-2-3-5-17(16)24-20/h2-9,18,26H,10-12,21H2,1H3,(H,23,24)/b7-6+,9-8-,19-14-. The molecule has 0 saturated carbocycles. The molecule has 0 radical (unpaired) electrons. The third-order valence-electron chi connectivity index (χ3n) is 4.14. The highest BCUT2D eigenvalue weighted by Crippen LogP contribution is 2.22. The van der Waals surface area contributed by atoms with E-state index in [0.717, 1.165) is 22.6 Å². The predicted octanol–water partition coefficient (Wildman–Crippen LogP) is 2.42. The van der Waals surface area contributed by atoms with Crippen LogP contribution in [0.5, 0.6) is 0 Å². The van der Waals surface area contributed by atoms with E-state index in [1.165, 1.54) is 6.20 Å². The van der Waals surface area contributed by atoms with Crippen LogP contribution in [0.4, 0.5) is 0 Å². The lowest BCUT2D eigenvalue weighted by Crippen LogP contribution is -2.11. The van der Waals surface area contributed by atoms with Gasteiger partial charge >= 0.3 is 0 Å². The molecule has 0 amide bonds. The molecule has 1 aliphatic heterocycles. The smallest absolute Gasteiger partial charge is 0.138 e. The molecule has 0 spiro atoms. The summed E-state index contributed by atoms with van der Waals surface area (Å²) in [6.07, 6.45) is 6.99. The third-order valence-corrected chi connectivity index (χ3v) is 4.14. The average Bonchev–Trinajstić information content (AvgIpc) is 3.35. The first-order valence-electron chi connectivity index (χ1n) is 8.84. The number of hydrogen-bond donors (Lipinski definition) is 3. The number of ether oxygens (including phenoxy) is 2. The molecule has 2 aromatic rings. The molecule has 1 aliphatic rings. The number of methoxy groups -OCH3 is 1. The van der Waals surface area contributed by atoms with Gasteiger partial charge in [0.05, 0.1) is 28.9 Å². The first kappa shape index (κ1) is 19.2. The molecule has 0 fully saturated rings. The first-order valence-corrected chi connectivity index (χ1v) is 8.84. The molecule has 8 heteroatoms. The van der Waals surface area contributed by atoms with Crippen molar-refractivity contribution in [3.8, 4) is 6.07 Å². The Kier molecular flexibility index (Phi) is 6.44. The maximum atomic E-state index is 9.45. The molecule has 4 N–H and O–H groups in total. The molecule has 1 atom stereocenters. The van der Waals surface area contributed by atoms with Gasteiger partial charge in [-0.25, -0.2) is 4.98 Å². The summed E-state index contributed by atoms with van der Waals surface area (Å²) >= 11 is 0. The molecule has 28 heavy (non-hydrogen) atoms. The second kappa shape index (κ2) is 9.39. The molecule has 8 nitrogen and oxygen atoms in total. The van der Waals surface area contributed by atoms with E-state index in [4.69, 9.17) is 15.2 Å². The highest BCUT2D eigenvalue weighted by atomic mass is 16.5. The van der Waals surface area contributed by atoms with E-state index in [1.807, 2.05) is 24.3 Å². The normalized spacial score (nSPS) is 17.6. The summed E-state index contributed by atoms with van der Waals surface area (Å²) in [7, 11) is 1.58. The van der Waals surface area contributed by atoms with Crippen molar-refractivity contribution in [3.05, 3.63) is 65.9 Å². The van der Waals surface area contributed by atoms with Crippen LogP contribution < -0.4 is 11.2 Å². The second-order valence-corrected chi connectivity index (χ2v) is 6.05. The zero-order valence-electron chi connectivity index (χ0n) is 15.6. The minimum atomic E-state index is -0.0390. The number of nitrogens with one attached hydrogen (secondary N) is 2. The van der Waals surface area contributed by atoms with E-state index in [9.17, 15) is 5.26 Å². The number of aromatic amines is 1. The van der Waals surface area contributed by atoms with Gasteiger partial charge in [0.25, 0.3) is 0 Å². The molecule has 0 saturated heterocycles. The Hall–Kier alpha value is -3.57. The van der Waals surface area contributed by atoms with Crippen molar-refractivity contribution in [2.24, 2.45) is 10.8 Å². The van der Waals surface area contributed by atoms with Crippen molar-refractivity contribution in [2.75, 3.05) is 20.3 Å². The van der Waals surface area contributed by atoms with Crippen LogP contribution in [0.3, 0.4) is 0 Å². The monoisotopic (exact) mass is 378 g/mol. The van der Waals surface area contributed by atoms with Crippen LogP contribution in [0.1, 0.15) is 18.3 Å². The first-order chi connectivity index (χ1) is 13.7. The van der Waals surface area contributed by atoms with Gasteiger partial charge in [-0.05, 0) is 36.6 Å². The number of imidazole rings is 1. The van der Waals surface area contributed by atoms with Crippen molar-refractivity contribution < 1.29 is 9.47 Å². The summed E-state index contributed by atoms with van der Waals surface area (Å²) in [5.74, 6) is 1.22. The van der Waals surface area contributed by atoms with Gasteiger partial charge in [-0.3, -0.25) is 5.43 Å². The van der Waals surface area contributed by atoms with E-state index in [1.54, 1.807) is 25.3 Å². The van der Waals surface area contributed by atoms with Crippen LogP contribution in [0.2, 0.25) is 0 Å². The topological polar surface area (TPSA) is 121 Å². The minimum Gasteiger partial charge on any atom is -0.490 e. The number of fused-ring (bicyclic) bond motifs is 1. The SMILES string of the molecule is COCCOC(/C=C\N)=C(C#N)/C=C/C1=NNC(c2nc3ccccc3[nH]2)C1. The van der Waals surface area contributed by atoms with E-state index in [0.29, 0.717) is 31.0 Å². The fraction of sp³-hybridized carbons (Fsp3) is 0.250. The van der Waals surface area contributed by atoms with Gasteiger partial charge in [-0.15, -0.1) is 0 Å². The quantitative estimate of drug-likeness (QED) is 0.281. The highest BCUT2D eigenvalue weighted by Gasteiger charge is 2.21. The van der Waals surface area contributed by atoms with Crippen LogP contribution in [0.25, 0.3) is 11.0 Å². The van der Waals surface area contributed by atoms with Gasteiger partial charge in [-0.2, -0.15) is 10.4 Å². The molecule has 3 rings (SSSR count). The molecule has 1 aromatic heterocycles. The number of hydrazone groups is 1. The van der Waals surface area contributed by atoms with Crippen molar-refractivity contribution in [1.29, 1.82) is 5.26 Å². The third kappa shape index (κ3) is 4.58. The molecular weight excluding hydrogens is 356 g/mol. The van der Waals surface area contributed by atoms with Gasteiger partial charge in [0, 0.05) is 13.5 Å². The summed E-state index contributed by atoms with van der Waals surface area (Å²) in [6.45, 7) is 0.742. The van der Waals surface area contributed by atoms with Crippen molar-refractivity contribution in [2.45, 2.75) is 12.5 Å². The van der Waals surface area contributed by atoms with Gasteiger partial charge in [-0.1, -0.05) is 12.1 Å². The number of aromatic nitrogens is 2. The highest BCUT2D eigenvalue weighted by molar-refractivity contribution is 5.96. The lowest BCUT2D eigenvalue weighted by atomic mass is 10.1. The summed E-state index contributed by atoms with van der Waals surface area (Å²) in [5, 5.41) is 13.8. The predicted molar refractivity (Wildman–Crippen MR) is 107 cm³/mol. The average molecular weight is 378 g/mol. The van der Waals surface area contributed by atoms with Gasteiger partial charge < -0.3 is 20.2 Å². The molecule has 0 bridgehead atoms. The number of hydrogen-bond acceptors (Lipinski definition) is 7. The summed E-state index contributed by atoms with van der Waals surface area (Å²) in [4.78, 5) is 7.91. The number of nitrogens with zero attached hydrogens (tertiary/aromatic N) is 3. The van der Waals surface area contributed by atoms with Gasteiger partial charge in [0.2, 0.25) is 0 Å². The maximum absolute atomic E-state index is 9.45. The molecule has 144 valence electrons. The fourth-order valence-corrected chi connectivity index (χ4v) is 2.75. The fourth-order valence-electron chi connectivity index (χ4n) is 2.75. The van der Waals surface area contributed by atoms with E-state index in [2.05, 4.69) is 26.6 Å². The van der Waals surface area contributed by atoms with Crippen molar-refractivity contribution >= 4 is 16.7 Å². The number of allylic oxidation sites excluding steroid dienone is 4. The summed E-state index contributed by atoms with van der Waals surface area (Å²) in [5.41, 5.74) is 11.6. The second-order valence-electron chi connectivity index (χ2n) is 6.05. The van der Waals surface area contributed by atoms with E-state index >= 15 is 0 Å². The number of nitrogens with two attached hydrogens (primary N) is 1. The Morgan fingerprint density at radius 2 is 2.21 bits per heavy atom. The van der Waals surface area contributed by atoms with Gasteiger partial charge in [0.15, 0.2) is 0 Å². The lowest BCUT2D eigenvalue weighted by molar-refractivity contribution is 0.114. The number of benzene rings is 1. The maximum Gasteiger partial charge on any atom is 0.138 e. The largest absolute Gasteiger partial charge is 0.490 e. The van der Waals surface area contributed by atoms with Crippen LogP contribution in [-0.4, -0.2) is 36.0 Å². The van der Waals surface area contributed by atoms with Gasteiger partial charge in [0.1, 0.15) is 30.3 Å². The molecule has 1 unspecified atom stereocenters. The minimum absolute atomic E-state index is 0.0390. The van der Waals surface area contributed by atoms with Crippen LogP contribution in [-0.2, 0) is 9.47 Å². The molecule has 2 heterocycles. The number of rotatable bonds is 8. The Balaban J connectivity index is 1.69. The number of nitriles is 1. The number of para-hydroxylation sites is 2. The zero-order valence-corrected chi connectivity index (χ0v) is 15.6. The summed E-state index contributed by atoms with van der Waals surface area (Å²) in [6, 6.07) is 9.96. The van der Waals surface area contributed by atoms with Crippen LogP contribution in [0.15, 0.2) is 65.1 Å². The Labute approximate surface area is 163 Å². The molecule has 0 aliphatic carbocycles. The molecule has 1 aromatic carbocycles. The zero-order chi connectivity index (χ0) is 19.8. The van der Waals surface area contributed by atoms with Crippen LogP contribution in [0, 0.1) is 11.3 Å². The summed E-state index contributed by atoms with van der Waals surface area (Å²) < 4.78 is 10.5. The van der Waals surface area contributed by atoms with Crippen molar-refractivity contribution in [1.82, 2.24) is 15.4 Å². The number of H-pyrrole nitrogens is 1. The van der Waals surface area contributed by atoms with E-state index < -0.39 is 0 Å². The van der Waals surface area contributed by atoms with Crippen LogP contribution >= 0.6 is 0 Å². The lowest BCUT2D eigenvalue weighted by Gasteiger charge is -2.07. The van der Waals surface area contributed by atoms with Crippen molar-refractivity contribution in [3.63, 3.8) is 0 Å². The molecular formula is C20H22N6O2. The van der Waals surface area contributed by atoms with E-state index in [-0.39, 0.29) is 6.04 Å². The Bertz CT molecular complexity index is 947.